The fourth-order valence-electron chi connectivity index (χ4n) is 1.17. The van der Waals surface area contributed by atoms with Gasteiger partial charge in [-0.05, 0) is 38.1 Å². The van der Waals surface area contributed by atoms with Crippen LogP contribution in [0.4, 0.5) is 0 Å². The number of carboxylic acids is 1. The number of benzene rings is 1. The molecule has 1 N–H and O–H groups in total. The minimum atomic E-state index is -1.14. The number of aliphatic carboxylic acids is 1. The van der Waals surface area contributed by atoms with Gasteiger partial charge in [0, 0.05) is 0 Å². The number of rotatable bonds is 5. The molecule has 0 spiro atoms. The lowest BCUT2D eigenvalue weighted by atomic mass is 10.2. The van der Waals surface area contributed by atoms with Gasteiger partial charge in [0.05, 0.1) is 0 Å². The van der Waals surface area contributed by atoms with Gasteiger partial charge in [0.1, 0.15) is 5.75 Å². The Hall–Kier alpha value is -2.36. The van der Waals surface area contributed by atoms with Gasteiger partial charge in [-0.3, -0.25) is 0 Å². The van der Waals surface area contributed by atoms with E-state index in [1.807, 2.05) is 19.1 Å². The van der Waals surface area contributed by atoms with E-state index in [9.17, 15) is 4.79 Å². The Morgan fingerprint density at radius 2 is 2.00 bits per heavy atom. The summed E-state index contributed by atoms with van der Waals surface area (Å²) in [4.78, 5) is 14.7. The van der Waals surface area contributed by atoms with Crippen LogP contribution in [-0.4, -0.2) is 16.8 Å². The Balaban J connectivity index is 2.89. The van der Waals surface area contributed by atoms with Gasteiger partial charge in [0.15, 0.2) is 5.71 Å². The summed E-state index contributed by atoms with van der Waals surface area (Å²) in [6.45, 7) is 7.08. The molecule has 0 unspecified atom stereocenters. The first-order valence-electron chi connectivity index (χ1n) is 5.42. The highest BCUT2D eigenvalue weighted by Crippen LogP contribution is 2.15. The van der Waals surface area contributed by atoms with Gasteiger partial charge in [-0.25, -0.2) is 9.79 Å². The fraction of sp³-hybridized carbons (Fsp3) is 0.143. The fourth-order valence-corrected chi connectivity index (χ4v) is 1.17. The lowest BCUT2D eigenvalue weighted by molar-refractivity contribution is -0.129. The van der Waals surface area contributed by atoms with Crippen molar-refractivity contribution in [3.8, 4) is 5.75 Å². The third-order valence-corrected chi connectivity index (χ3v) is 2.13. The zero-order valence-corrected chi connectivity index (χ0v) is 10.4. The Morgan fingerprint density at radius 3 is 2.44 bits per heavy atom. The van der Waals surface area contributed by atoms with Crippen LogP contribution in [0.5, 0.6) is 5.75 Å². The van der Waals surface area contributed by atoms with E-state index < -0.39 is 5.97 Å². The van der Waals surface area contributed by atoms with E-state index in [0.717, 1.165) is 5.56 Å². The number of aryl methyl sites for hydroxylation is 1. The summed E-state index contributed by atoms with van der Waals surface area (Å²) in [7, 11) is 0. The minimum absolute atomic E-state index is 0.157. The maximum Gasteiger partial charge on any atom is 0.354 e. The SMILES string of the molecule is C=C/C(=N\C(=C/C)Oc1ccc(C)cc1)C(=O)O. The lowest BCUT2D eigenvalue weighted by Gasteiger charge is -2.06. The van der Waals surface area contributed by atoms with Gasteiger partial charge in [-0.15, -0.1) is 0 Å². The van der Waals surface area contributed by atoms with Crippen LogP contribution in [0.3, 0.4) is 0 Å². The Bertz CT molecular complexity index is 498. The first-order valence-corrected chi connectivity index (χ1v) is 5.42. The summed E-state index contributed by atoms with van der Waals surface area (Å²) >= 11 is 0. The molecule has 1 rings (SSSR count). The van der Waals surface area contributed by atoms with Crippen molar-refractivity contribution in [2.24, 2.45) is 4.99 Å². The molecule has 0 bridgehead atoms. The number of ether oxygens (including phenoxy) is 1. The second kappa shape index (κ2) is 6.39. The van der Waals surface area contributed by atoms with Crippen LogP contribution >= 0.6 is 0 Å². The van der Waals surface area contributed by atoms with E-state index in [-0.39, 0.29) is 11.6 Å². The third kappa shape index (κ3) is 3.90. The number of carbonyl (C=O) groups is 1. The molecule has 0 aliphatic carbocycles. The largest absolute Gasteiger partial charge is 0.477 e. The van der Waals surface area contributed by atoms with E-state index in [2.05, 4.69) is 11.6 Å². The van der Waals surface area contributed by atoms with Gasteiger partial charge < -0.3 is 9.84 Å². The topological polar surface area (TPSA) is 58.9 Å². The minimum Gasteiger partial charge on any atom is -0.477 e. The molecule has 0 saturated heterocycles. The van der Waals surface area contributed by atoms with Gasteiger partial charge in [0.2, 0.25) is 5.88 Å². The quantitative estimate of drug-likeness (QED) is 0.641. The maximum atomic E-state index is 10.8. The molecule has 0 atom stereocenters. The molecule has 4 heteroatoms. The molecular weight excluding hydrogens is 230 g/mol. The molecule has 0 radical (unpaired) electrons. The van der Waals surface area contributed by atoms with Crippen LogP contribution in [-0.2, 0) is 4.79 Å². The molecule has 0 saturated carbocycles. The van der Waals surface area contributed by atoms with E-state index in [0.29, 0.717) is 5.75 Å². The summed E-state index contributed by atoms with van der Waals surface area (Å²) in [5, 5.41) is 8.84. The first-order chi connectivity index (χ1) is 8.56. The summed E-state index contributed by atoms with van der Waals surface area (Å²) in [6.07, 6.45) is 2.76. The van der Waals surface area contributed by atoms with Crippen LogP contribution in [0.2, 0.25) is 0 Å². The number of hydrogen-bond acceptors (Lipinski definition) is 3. The molecule has 94 valence electrons. The summed E-state index contributed by atoms with van der Waals surface area (Å²) < 4.78 is 5.46. The van der Waals surface area contributed by atoms with Crippen molar-refractivity contribution < 1.29 is 14.6 Å². The molecule has 0 fully saturated rings. The van der Waals surface area contributed by atoms with E-state index in [1.54, 1.807) is 25.1 Å². The second-order valence-electron chi connectivity index (χ2n) is 3.55. The zero-order chi connectivity index (χ0) is 13.5. The Labute approximate surface area is 106 Å². The number of carboxylic acid groups (broad SMARTS) is 1. The molecule has 0 heterocycles. The summed E-state index contributed by atoms with van der Waals surface area (Å²) in [5.74, 6) is -0.320. The van der Waals surface area contributed by atoms with Crippen molar-refractivity contribution in [3.63, 3.8) is 0 Å². The van der Waals surface area contributed by atoms with Crippen LogP contribution in [0, 0.1) is 6.92 Å². The van der Waals surface area contributed by atoms with Gasteiger partial charge in [-0.1, -0.05) is 24.3 Å². The maximum absolute atomic E-state index is 10.8. The highest BCUT2D eigenvalue weighted by atomic mass is 16.5. The summed E-state index contributed by atoms with van der Waals surface area (Å²) in [5.41, 5.74) is 0.959. The van der Waals surface area contributed by atoms with Crippen molar-refractivity contribution >= 4 is 11.7 Å². The molecule has 1 aromatic carbocycles. The van der Waals surface area contributed by atoms with Gasteiger partial charge in [-0.2, -0.15) is 0 Å². The highest BCUT2D eigenvalue weighted by Gasteiger charge is 2.06. The molecular formula is C14H15NO3. The normalized spacial score (nSPS) is 12.1. The predicted octanol–water partition coefficient (Wildman–Crippen LogP) is 2.95. The van der Waals surface area contributed by atoms with Gasteiger partial charge >= 0.3 is 5.97 Å². The van der Waals surface area contributed by atoms with Crippen molar-refractivity contribution in [1.29, 1.82) is 0 Å². The monoisotopic (exact) mass is 245 g/mol. The van der Waals surface area contributed by atoms with E-state index in [4.69, 9.17) is 9.84 Å². The van der Waals surface area contributed by atoms with E-state index in [1.165, 1.54) is 6.08 Å². The smallest absolute Gasteiger partial charge is 0.354 e. The lowest BCUT2D eigenvalue weighted by Crippen LogP contribution is -2.10. The molecule has 0 aliphatic heterocycles. The zero-order valence-electron chi connectivity index (χ0n) is 10.4. The molecule has 0 aromatic heterocycles. The number of aliphatic imine (C=N–C) groups is 1. The van der Waals surface area contributed by atoms with Crippen molar-refractivity contribution in [2.45, 2.75) is 13.8 Å². The van der Waals surface area contributed by atoms with Crippen molar-refractivity contribution in [1.82, 2.24) is 0 Å². The molecule has 0 aliphatic rings. The van der Waals surface area contributed by atoms with Crippen LogP contribution in [0.25, 0.3) is 0 Å². The first kappa shape index (κ1) is 13.7. The highest BCUT2D eigenvalue weighted by molar-refractivity contribution is 6.40. The Kier molecular flexibility index (Phi) is 4.87. The number of allylic oxidation sites excluding steroid dienone is 1. The average molecular weight is 245 g/mol. The second-order valence-corrected chi connectivity index (χ2v) is 3.55. The van der Waals surface area contributed by atoms with Gasteiger partial charge in [0.25, 0.3) is 0 Å². The molecule has 4 nitrogen and oxygen atoms in total. The number of hydrogen-bond donors (Lipinski definition) is 1. The van der Waals surface area contributed by atoms with E-state index >= 15 is 0 Å². The molecule has 18 heavy (non-hydrogen) atoms. The van der Waals surface area contributed by atoms with Crippen LogP contribution < -0.4 is 4.74 Å². The molecule has 0 amide bonds. The Morgan fingerprint density at radius 1 is 1.39 bits per heavy atom. The standard InChI is InChI=1S/C14H15NO3/c1-4-12(14(16)17)15-13(5-2)18-11-8-6-10(3)7-9-11/h4-9H,1H2,2-3H3,(H,16,17)/b13-5+,15-12+. The number of nitrogens with zero attached hydrogens (tertiary/aromatic N) is 1. The van der Waals surface area contributed by atoms with Crippen molar-refractivity contribution in [2.75, 3.05) is 0 Å². The third-order valence-electron chi connectivity index (χ3n) is 2.13. The predicted molar refractivity (Wildman–Crippen MR) is 70.8 cm³/mol. The molecule has 1 aromatic rings. The van der Waals surface area contributed by atoms with Crippen LogP contribution in [0.15, 0.2) is 53.9 Å². The average Bonchev–Trinajstić information content (AvgIpc) is 2.36. The van der Waals surface area contributed by atoms with Crippen LogP contribution in [0.1, 0.15) is 12.5 Å². The van der Waals surface area contributed by atoms with Crippen molar-refractivity contribution in [3.05, 3.63) is 54.4 Å². The summed E-state index contributed by atoms with van der Waals surface area (Å²) in [6, 6.07) is 7.39.